The van der Waals surface area contributed by atoms with Crippen LogP contribution in [0.2, 0.25) is 0 Å². The van der Waals surface area contributed by atoms with Crippen molar-refractivity contribution in [2.75, 3.05) is 13.1 Å². The van der Waals surface area contributed by atoms with Crippen LogP contribution in [0.5, 0.6) is 0 Å². The Balaban J connectivity index is 1.73. The number of amides is 3. The molecular formula is C16H24N4O3. The lowest BCUT2D eigenvalue weighted by atomic mass is 9.80. The van der Waals surface area contributed by atoms with Crippen molar-refractivity contribution >= 4 is 11.9 Å². The van der Waals surface area contributed by atoms with Crippen LogP contribution in [0.1, 0.15) is 39.4 Å². The number of urea groups is 1. The Morgan fingerprint density at radius 1 is 1.48 bits per heavy atom. The Morgan fingerprint density at radius 3 is 2.87 bits per heavy atom. The molecule has 0 aromatic carbocycles. The molecule has 3 amide bonds. The lowest BCUT2D eigenvalue weighted by Gasteiger charge is -2.39. The summed E-state index contributed by atoms with van der Waals surface area (Å²) in [6, 6.07) is 1.45. The molecule has 2 aliphatic rings. The van der Waals surface area contributed by atoms with Gasteiger partial charge in [0.2, 0.25) is 0 Å². The molecule has 7 heteroatoms. The molecule has 2 aliphatic heterocycles. The highest BCUT2D eigenvalue weighted by Gasteiger charge is 2.53. The van der Waals surface area contributed by atoms with E-state index in [-0.39, 0.29) is 23.9 Å². The van der Waals surface area contributed by atoms with Gasteiger partial charge in [0, 0.05) is 24.6 Å². The minimum atomic E-state index is -0.818. The number of likely N-dealkylation sites (tertiary alicyclic amines) is 1. The van der Waals surface area contributed by atoms with Crippen LogP contribution >= 0.6 is 0 Å². The van der Waals surface area contributed by atoms with Gasteiger partial charge in [-0.3, -0.25) is 14.6 Å². The second kappa shape index (κ2) is 5.96. The number of rotatable bonds is 4. The van der Waals surface area contributed by atoms with E-state index < -0.39 is 5.54 Å². The fraction of sp³-hybridized carbons (Fsp3) is 0.688. The van der Waals surface area contributed by atoms with E-state index in [1.807, 2.05) is 26.8 Å². The summed E-state index contributed by atoms with van der Waals surface area (Å²) in [5, 5.41) is 6.67. The van der Waals surface area contributed by atoms with Crippen molar-refractivity contribution in [3.8, 4) is 0 Å². The quantitative estimate of drug-likeness (QED) is 0.853. The van der Waals surface area contributed by atoms with Gasteiger partial charge in [-0.05, 0) is 40.2 Å². The number of aromatic nitrogens is 1. The zero-order chi connectivity index (χ0) is 16.6. The molecule has 1 N–H and O–H groups in total. The minimum absolute atomic E-state index is 0.0966. The summed E-state index contributed by atoms with van der Waals surface area (Å²) in [6.07, 6.45) is 3.57. The Labute approximate surface area is 136 Å². The van der Waals surface area contributed by atoms with Crippen molar-refractivity contribution in [1.82, 2.24) is 20.3 Å². The highest BCUT2D eigenvalue weighted by Crippen LogP contribution is 2.33. The van der Waals surface area contributed by atoms with Gasteiger partial charge in [0.1, 0.15) is 5.54 Å². The van der Waals surface area contributed by atoms with Crippen molar-refractivity contribution in [1.29, 1.82) is 0 Å². The van der Waals surface area contributed by atoms with Gasteiger partial charge in [-0.15, -0.1) is 0 Å². The van der Waals surface area contributed by atoms with Gasteiger partial charge in [-0.1, -0.05) is 5.16 Å². The van der Waals surface area contributed by atoms with E-state index >= 15 is 0 Å². The second-order valence-corrected chi connectivity index (χ2v) is 6.95. The average molecular weight is 320 g/mol. The molecule has 0 aliphatic carbocycles. The monoisotopic (exact) mass is 320 g/mol. The molecule has 23 heavy (non-hydrogen) atoms. The summed E-state index contributed by atoms with van der Waals surface area (Å²) >= 11 is 0. The highest BCUT2D eigenvalue weighted by atomic mass is 16.5. The highest BCUT2D eigenvalue weighted by molar-refractivity contribution is 6.07. The summed E-state index contributed by atoms with van der Waals surface area (Å²) in [4.78, 5) is 28.6. The number of nitrogens with zero attached hydrogens (tertiary/aromatic N) is 3. The van der Waals surface area contributed by atoms with Gasteiger partial charge >= 0.3 is 6.03 Å². The first-order chi connectivity index (χ1) is 10.9. The van der Waals surface area contributed by atoms with Crippen LogP contribution in [0.3, 0.4) is 0 Å². The molecule has 3 rings (SSSR count). The van der Waals surface area contributed by atoms with Crippen LogP contribution in [0.15, 0.2) is 16.8 Å². The van der Waals surface area contributed by atoms with Gasteiger partial charge in [0.05, 0.1) is 12.7 Å². The first-order valence-corrected chi connectivity index (χ1v) is 8.19. The minimum Gasteiger partial charge on any atom is -0.360 e. The third-order valence-electron chi connectivity index (χ3n) is 4.96. The second-order valence-electron chi connectivity index (χ2n) is 6.95. The molecule has 2 atom stereocenters. The van der Waals surface area contributed by atoms with Crippen molar-refractivity contribution in [2.24, 2.45) is 5.92 Å². The molecule has 1 aromatic heterocycles. The van der Waals surface area contributed by atoms with Crippen molar-refractivity contribution in [3.63, 3.8) is 0 Å². The number of hydrogen-bond acceptors (Lipinski definition) is 5. The van der Waals surface area contributed by atoms with Gasteiger partial charge in [-0.25, -0.2) is 4.79 Å². The predicted molar refractivity (Wildman–Crippen MR) is 83.4 cm³/mol. The zero-order valence-corrected chi connectivity index (χ0v) is 13.9. The molecule has 2 saturated heterocycles. The van der Waals surface area contributed by atoms with Crippen molar-refractivity contribution in [2.45, 2.75) is 51.7 Å². The predicted octanol–water partition coefficient (Wildman–Crippen LogP) is 1.61. The summed E-state index contributed by atoms with van der Waals surface area (Å²) in [5.41, 5.74) is -0.818. The normalized spacial score (nSPS) is 29.4. The maximum absolute atomic E-state index is 12.8. The van der Waals surface area contributed by atoms with Crippen LogP contribution in [0.25, 0.3) is 0 Å². The molecule has 0 saturated carbocycles. The number of nitrogens with one attached hydrogen (secondary N) is 1. The van der Waals surface area contributed by atoms with Crippen molar-refractivity contribution in [3.05, 3.63) is 18.0 Å². The maximum atomic E-state index is 12.8. The maximum Gasteiger partial charge on any atom is 0.325 e. The Morgan fingerprint density at radius 2 is 2.26 bits per heavy atom. The van der Waals surface area contributed by atoms with Gasteiger partial charge in [0.15, 0.2) is 5.76 Å². The topological polar surface area (TPSA) is 78.7 Å². The largest absolute Gasteiger partial charge is 0.360 e. The standard InChI is InChI=1S/C16H24N4O3/c1-11(2)20-14(21)16(3,18-15(20)22)12-5-4-8-19(9-12)10-13-6-7-17-23-13/h6-7,11-12H,4-5,8-10H2,1-3H3,(H,18,22)/t12-,16-/m0/s1. The first kappa shape index (κ1) is 16.0. The smallest absolute Gasteiger partial charge is 0.325 e. The summed E-state index contributed by atoms with van der Waals surface area (Å²) in [7, 11) is 0. The molecule has 0 spiro atoms. The van der Waals surface area contributed by atoms with E-state index in [9.17, 15) is 9.59 Å². The number of hydrogen-bond donors (Lipinski definition) is 1. The Bertz CT molecular complexity index is 586. The van der Waals surface area contributed by atoms with E-state index in [0.29, 0.717) is 6.54 Å². The number of piperidine rings is 1. The van der Waals surface area contributed by atoms with Crippen molar-refractivity contribution < 1.29 is 14.1 Å². The molecule has 3 heterocycles. The molecular weight excluding hydrogens is 296 g/mol. The van der Waals surface area contributed by atoms with E-state index in [4.69, 9.17) is 4.52 Å². The number of imide groups is 1. The third-order valence-corrected chi connectivity index (χ3v) is 4.96. The summed E-state index contributed by atoms with van der Waals surface area (Å²) in [6.45, 7) is 7.99. The van der Waals surface area contributed by atoms with Gasteiger partial charge < -0.3 is 9.84 Å². The molecule has 0 bridgehead atoms. The Kier molecular flexibility index (Phi) is 4.14. The number of carbonyl (C=O) groups is 2. The average Bonchev–Trinajstić information content (AvgIpc) is 3.07. The lowest BCUT2D eigenvalue weighted by Crippen LogP contribution is -2.55. The van der Waals surface area contributed by atoms with Crippen LogP contribution < -0.4 is 5.32 Å². The lowest BCUT2D eigenvalue weighted by molar-refractivity contribution is -0.134. The van der Waals surface area contributed by atoms with E-state index in [1.54, 1.807) is 6.20 Å². The van der Waals surface area contributed by atoms with Crippen LogP contribution in [0.4, 0.5) is 4.79 Å². The van der Waals surface area contributed by atoms with Gasteiger partial charge in [0.25, 0.3) is 5.91 Å². The van der Waals surface area contributed by atoms with Crippen LogP contribution in [0, 0.1) is 5.92 Å². The molecule has 1 aromatic rings. The van der Waals surface area contributed by atoms with E-state index in [0.717, 1.165) is 31.7 Å². The molecule has 0 radical (unpaired) electrons. The molecule has 2 fully saturated rings. The van der Waals surface area contributed by atoms with E-state index in [2.05, 4.69) is 15.4 Å². The summed E-state index contributed by atoms with van der Waals surface area (Å²) in [5.74, 6) is 0.810. The zero-order valence-electron chi connectivity index (χ0n) is 13.9. The fourth-order valence-electron chi connectivity index (χ4n) is 3.64. The fourth-order valence-corrected chi connectivity index (χ4v) is 3.64. The van der Waals surface area contributed by atoms with E-state index in [1.165, 1.54) is 4.90 Å². The Hall–Kier alpha value is -1.89. The SMILES string of the molecule is CC(C)N1C(=O)N[C@@](C)([C@H]2CCCN(Cc3ccno3)C2)C1=O. The van der Waals surface area contributed by atoms with Gasteiger partial charge in [-0.2, -0.15) is 0 Å². The number of carbonyl (C=O) groups excluding carboxylic acids is 2. The molecule has 7 nitrogen and oxygen atoms in total. The molecule has 0 unspecified atom stereocenters. The third kappa shape index (κ3) is 2.85. The first-order valence-electron chi connectivity index (χ1n) is 8.19. The van der Waals surface area contributed by atoms with Crippen LogP contribution in [-0.2, 0) is 11.3 Å². The molecule has 126 valence electrons. The summed E-state index contributed by atoms with van der Waals surface area (Å²) < 4.78 is 5.17. The van der Waals surface area contributed by atoms with Crippen LogP contribution in [-0.4, -0.2) is 51.6 Å².